The van der Waals surface area contributed by atoms with Crippen LogP contribution in [0.1, 0.15) is 0 Å². The second kappa shape index (κ2) is 6.62. The van der Waals surface area contributed by atoms with Crippen molar-refractivity contribution in [1.82, 2.24) is 0 Å². The molecule has 24 heavy (non-hydrogen) atoms. The second-order valence-corrected chi connectivity index (χ2v) is 6.57. The molecule has 0 fully saturated rings. The molecule has 0 aliphatic carbocycles. The second-order valence-electron chi connectivity index (χ2n) is 4.71. The summed E-state index contributed by atoms with van der Waals surface area (Å²) in [5.74, 6) is -1.53. The van der Waals surface area contributed by atoms with Crippen LogP contribution in [-0.4, -0.2) is 25.8 Å². The number of hydrogen-bond acceptors (Lipinski definition) is 5. The summed E-state index contributed by atoms with van der Waals surface area (Å²) >= 11 is 0. The number of nitrogens with zero attached hydrogens (tertiary/aromatic N) is 2. The molecule has 1 amide bonds. The summed E-state index contributed by atoms with van der Waals surface area (Å²) in [5.41, 5.74) is 4.67. The van der Waals surface area contributed by atoms with Crippen LogP contribution in [0.4, 0.5) is 15.8 Å². The van der Waals surface area contributed by atoms with Crippen LogP contribution in [-0.2, 0) is 14.8 Å². The van der Waals surface area contributed by atoms with Crippen molar-refractivity contribution in [2.45, 2.75) is 4.90 Å². The lowest BCUT2D eigenvalue weighted by atomic mass is 10.3. The topological polar surface area (TPSA) is 124 Å². The highest BCUT2D eigenvalue weighted by atomic mass is 32.2. The Labute approximate surface area is 136 Å². The van der Waals surface area contributed by atoms with Gasteiger partial charge in [-0.25, -0.2) is 12.8 Å². The normalized spacial score (nSPS) is 11.0. The Morgan fingerprint density at radius 3 is 2.38 bits per heavy atom. The number of halogens is 1. The van der Waals surface area contributed by atoms with Gasteiger partial charge in [0.1, 0.15) is 12.4 Å². The summed E-state index contributed by atoms with van der Waals surface area (Å²) in [6.07, 6.45) is 0. The molecular weight excluding hydrogens is 341 g/mol. The SMILES string of the molecule is NC(=O)CN(c1ccc(F)cc1)S(=O)(=O)c1cccc([N+](=O)[O-])c1. The van der Waals surface area contributed by atoms with Gasteiger partial charge in [-0.3, -0.25) is 19.2 Å². The van der Waals surface area contributed by atoms with Gasteiger partial charge in [-0.05, 0) is 30.3 Å². The minimum Gasteiger partial charge on any atom is -0.368 e. The highest BCUT2D eigenvalue weighted by molar-refractivity contribution is 7.92. The fourth-order valence-electron chi connectivity index (χ4n) is 1.95. The van der Waals surface area contributed by atoms with Crippen LogP contribution in [0.5, 0.6) is 0 Å². The lowest BCUT2D eigenvalue weighted by Gasteiger charge is -2.23. The summed E-state index contributed by atoms with van der Waals surface area (Å²) < 4.78 is 39.2. The van der Waals surface area contributed by atoms with E-state index in [1.165, 1.54) is 6.07 Å². The molecule has 0 unspecified atom stereocenters. The van der Waals surface area contributed by atoms with Crippen molar-refractivity contribution in [3.8, 4) is 0 Å². The van der Waals surface area contributed by atoms with Crippen molar-refractivity contribution in [2.24, 2.45) is 5.73 Å². The summed E-state index contributed by atoms with van der Waals surface area (Å²) in [4.78, 5) is 20.9. The Bertz CT molecular complexity index is 884. The molecule has 0 bridgehead atoms. The Balaban J connectivity index is 2.55. The van der Waals surface area contributed by atoms with Crippen LogP contribution in [0.25, 0.3) is 0 Å². The van der Waals surface area contributed by atoms with Gasteiger partial charge >= 0.3 is 0 Å². The number of hydrogen-bond donors (Lipinski definition) is 1. The van der Waals surface area contributed by atoms with Gasteiger partial charge in [0.15, 0.2) is 0 Å². The molecule has 0 aliphatic heterocycles. The van der Waals surface area contributed by atoms with E-state index >= 15 is 0 Å². The number of primary amides is 1. The predicted molar refractivity (Wildman–Crippen MR) is 83.2 cm³/mol. The Hall–Kier alpha value is -3.01. The summed E-state index contributed by atoms with van der Waals surface area (Å²) in [7, 11) is -4.31. The van der Waals surface area contributed by atoms with Crippen molar-refractivity contribution in [2.75, 3.05) is 10.8 Å². The van der Waals surface area contributed by atoms with E-state index in [1.807, 2.05) is 0 Å². The standard InChI is InChI=1S/C14H12FN3O5S/c15-10-4-6-11(7-5-10)17(9-14(16)19)24(22,23)13-3-1-2-12(8-13)18(20)21/h1-8H,9H2,(H2,16,19). The number of amides is 1. The van der Waals surface area contributed by atoms with Crippen LogP contribution in [0.15, 0.2) is 53.4 Å². The predicted octanol–water partition coefficient (Wildman–Crippen LogP) is 1.41. The quantitative estimate of drug-likeness (QED) is 0.621. The number of non-ortho nitro benzene ring substituents is 1. The van der Waals surface area contributed by atoms with Gasteiger partial charge in [-0.15, -0.1) is 0 Å². The number of sulfonamides is 1. The smallest absolute Gasteiger partial charge is 0.270 e. The van der Waals surface area contributed by atoms with E-state index < -0.39 is 38.9 Å². The van der Waals surface area contributed by atoms with E-state index in [1.54, 1.807) is 0 Å². The number of carbonyl (C=O) groups is 1. The molecule has 0 saturated heterocycles. The Morgan fingerprint density at radius 1 is 1.21 bits per heavy atom. The molecule has 0 saturated carbocycles. The molecule has 0 spiro atoms. The van der Waals surface area contributed by atoms with Crippen molar-refractivity contribution in [3.63, 3.8) is 0 Å². The average Bonchev–Trinajstić information content (AvgIpc) is 2.53. The van der Waals surface area contributed by atoms with E-state index in [2.05, 4.69) is 0 Å². The molecule has 126 valence electrons. The van der Waals surface area contributed by atoms with Crippen LogP contribution in [0.2, 0.25) is 0 Å². The highest BCUT2D eigenvalue weighted by Gasteiger charge is 2.27. The van der Waals surface area contributed by atoms with Gasteiger partial charge in [0.25, 0.3) is 15.7 Å². The summed E-state index contributed by atoms with van der Waals surface area (Å²) in [6, 6.07) is 8.72. The number of anilines is 1. The fourth-order valence-corrected chi connectivity index (χ4v) is 3.42. The minimum absolute atomic E-state index is 0.00158. The lowest BCUT2D eigenvalue weighted by Crippen LogP contribution is -2.38. The third kappa shape index (κ3) is 3.66. The van der Waals surface area contributed by atoms with Gasteiger partial charge in [-0.2, -0.15) is 0 Å². The molecule has 2 rings (SSSR count). The van der Waals surface area contributed by atoms with Gasteiger partial charge in [0.2, 0.25) is 5.91 Å². The Morgan fingerprint density at radius 2 is 1.83 bits per heavy atom. The van der Waals surface area contributed by atoms with Gasteiger partial charge < -0.3 is 5.73 Å². The summed E-state index contributed by atoms with van der Waals surface area (Å²) in [6.45, 7) is -0.698. The molecule has 0 radical (unpaired) electrons. The molecule has 10 heteroatoms. The lowest BCUT2D eigenvalue weighted by molar-refractivity contribution is -0.385. The van der Waals surface area contributed by atoms with Crippen LogP contribution in [0, 0.1) is 15.9 Å². The molecule has 2 aromatic rings. The van der Waals surface area contributed by atoms with E-state index in [0.717, 1.165) is 42.5 Å². The first-order valence-corrected chi connectivity index (χ1v) is 7.97. The van der Waals surface area contributed by atoms with E-state index in [9.17, 15) is 27.7 Å². The van der Waals surface area contributed by atoms with Gasteiger partial charge in [0, 0.05) is 12.1 Å². The zero-order valence-electron chi connectivity index (χ0n) is 12.1. The van der Waals surface area contributed by atoms with E-state index in [4.69, 9.17) is 5.73 Å². The maximum absolute atomic E-state index is 13.0. The van der Waals surface area contributed by atoms with Crippen LogP contribution >= 0.6 is 0 Å². The number of carbonyl (C=O) groups excluding carboxylic acids is 1. The maximum Gasteiger partial charge on any atom is 0.270 e. The molecule has 0 aromatic heterocycles. The van der Waals surface area contributed by atoms with Crippen molar-refractivity contribution in [3.05, 3.63) is 64.5 Å². The van der Waals surface area contributed by atoms with E-state index in [0.29, 0.717) is 4.31 Å². The highest BCUT2D eigenvalue weighted by Crippen LogP contribution is 2.26. The number of rotatable bonds is 6. The third-order valence-corrected chi connectivity index (χ3v) is 4.80. The minimum atomic E-state index is -4.31. The molecular formula is C14H12FN3O5S. The largest absolute Gasteiger partial charge is 0.368 e. The first kappa shape index (κ1) is 17.3. The van der Waals surface area contributed by atoms with Crippen LogP contribution in [0.3, 0.4) is 0 Å². The molecule has 2 N–H and O–H groups in total. The zero-order chi connectivity index (χ0) is 17.9. The fraction of sp³-hybridized carbons (Fsp3) is 0.0714. The maximum atomic E-state index is 13.0. The van der Waals surface area contributed by atoms with Crippen molar-refractivity contribution in [1.29, 1.82) is 0 Å². The third-order valence-electron chi connectivity index (χ3n) is 3.03. The van der Waals surface area contributed by atoms with Gasteiger partial charge in [-0.1, -0.05) is 6.07 Å². The monoisotopic (exact) mass is 353 g/mol. The number of nitro benzene ring substituents is 1. The molecule has 0 aliphatic rings. The van der Waals surface area contributed by atoms with Crippen molar-refractivity contribution >= 4 is 27.3 Å². The van der Waals surface area contributed by atoms with Crippen LogP contribution < -0.4 is 10.0 Å². The van der Waals surface area contributed by atoms with E-state index in [-0.39, 0.29) is 10.6 Å². The average molecular weight is 353 g/mol. The molecule has 0 heterocycles. The Kier molecular flexibility index (Phi) is 4.79. The number of nitrogens with two attached hydrogens (primary N) is 1. The number of benzene rings is 2. The zero-order valence-corrected chi connectivity index (χ0v) is 12.9. The molecule has 2 aromatic carbocycles. The first-order valence-electron chi connectivity index (χ1n) is 6.53. The number of nitro groups is 1. The summed E-state index contributed by atoms with van der Waals surface area (Å²) in [5, 5.41) is 10.8. The first-order chi connectivity index (χ1) is 11.2. The molecule has 8 nitrogen and oxygen atoms in total. The van der Waals surface area contributed by atoms with Gasteiger partial charge in [0.05, 0.1) is 15.5 Å². The molecule has 0 atom stereocenters. The van der Waals surface area contributed by atoms with Crippen molar-refractivity contribution < 1.29 is 22.5 Å².